The highest BCUT2D eigenvalue weighted by atomic mass is 19.1. The molecule has 1 aromatic rings. The van der Waals surface area contributed by atoms with Crippen molar-refractivity contribution in [1.29, 1.82) is 0 Å². The molecule has 0 aromatic heterocycles. The Bertz CT molecular complexity index is 284. The van der Waals surface area contributed by atoms with Crippen LogP contribution >= 0.6 is 0 Å². The van der Waals surface area contributed by atoms with Crippen LogP contribution in [0.25, 0.3) is 0 Å². The number of hydrogen-bond donors (Lipinski definition) is 1. The van der Waals surface area contributed by atoms with Crippen molar-refractivity contribution in [1.82, 2.24) is 0 Å². The summed E-state index contributed by atoms with van der Waals surface area (Å²) in [5, 5.41) is 8.78. The summed E-state index contributed by atoms with van der Waals surface area (Å²) in [5.74, 6) is 0.0929. The van der Waals surface area contributed by atoms with E-state index in [9.17, 15) is 4.39 Å². The minimum atomic E-state index is -0.392. The lowest BCUT2D eigenvalue weighted by molar-refractivity contribution is 0.238. The van der Waals surface area contributed by atoms with Gasteiger partial charge in [0.25, 0.3) is 0 Å². The monoisotopic (exact) mass is 183 g/mol. The van der Waals surface area contributed by atoms with Crippen molar-refractivity contribution in [2.45, 2.75) is 20.0 Å². The average molecular weight is 183 g/mol. The van der Waals surface area contributed by atoms with Gasteiger partial charge in [0.2, 0.25) is 0 Å². The largest absolute Gasteiger partial charge is 0.491 e. The van der Waals surface area contributed by atoms with Crippen LogP contribution in [-0.2, 0) is 0 Å². The van der Waals surface area contributed by atoms with Crippen LogP contribution in [0, 0.1) is 12.4 Å². The normalized spacial score (nSPS) is 10.5. The van der Waals surface area contributed by atoms with Gasteiger partial charge in [-0.25, -0.2) is 4.39 Å². The molecule has 0 aliphatic carbocycles. The lowest BCUT2D eigenvalue weighted by atomic mass is 10.2. The molecule has 0 saturated heterocycles. The second-order valence-electron chi connectivity index (χ2n) is 2.98. The van der Waals surface area contributed by atoms with Crippen molar-refractivity contribution >= 4 is 0 Å². The number of rotatable bonds is 3. The van der Waals surface area contributed by atoms with Crippen LogP contribution in [0.4, 0.5) is 4.39 Å². The standard InChI is InChI=1S/C10H12FO2/c1-7(2)13-10-4-3-9(11)5-8(10)6-12/h3-7,12H,1-2H3. The van der Waals surface area contributed by atoms with Crippen molar-refractivity contribution in [2.75, 3.05) is 0 Å². The zero-order chi connectivity index (χ0) is 9.84. The molecular weight excluding hydrogens is 171 g/mol. The fourth-order valence-corrected chi connectivity index (χ4v) is 0.981. The van der Waals surface area contributed by atoms with Crippen LogP contribution in [0.5, 0.6) is 5.75 Å². The summed E-state index contributed by atoms with van der Waals surface area (Å²) in [6.45, 7) is 4.57. The molecule has 0 heterocycles. The Morgan fingerprint density at radius 3 is 2.69 bits per heavy atom. The summed E-state index contributed by atoms with van der Waals surface area (Å²) >= 11 is 0. The molecule has 0 bridgehead atoms. The van der Waals surface area contributed by atoms with E-state index in [0.717, 1.165) is 6.61 Å². The molecule has 0 unspecified atom stereocenters. The predicted molar refractivity (Wildman–Crippen MR) is 47.5 cm³/mol. The van der Waals surface area contributed by atoms with Crippen LogP contribution in [0.3, 0.4) is 0 Å². The third-order valence-electron chi connectivity index (χ3n) is 1.47. The van der Waals surface area contributed by atoms with E-state index in [1.54, 1.807) is 0 Å². The Hall–Kier alpha value is -1.09. The zero-order valence-corrected chi connectivity index (χ0v) is 7.62. The Morgan fingerprint density at radius 2 is 2.15 bits per heavy atom. The molecule has 0 spiro atoms. The quantitative estimate of drug-likeness (QED) is 0.780. The first kappa shape index (κ1) is 9.99. The van der Waals surface area contributed by atoms with Crippen molar-refractivity contribution < 1.29 is 14.2 Å². The van der Waals surface area contributed by atoms with E-state index >= 15 is 0 Å². The minimum Gasteiger partial charge on any atom is -0.491 e. The molecule has 1 aromatic carbocycles. The van der Waals surface area contributed by atoms with Gasteiger partial charge in [-0.2, -0.15) is 0 Å². The molecule has 2 nitrogen and oxygen atoms in total. The molecule has 0 saturated carbocycles. The summed E-state index contributed by atoms with van der Waals surface area (Å²) in [6.07, 6.45) is 0.00385. The molecule has 0 amide bonds. The first-order valence-electron chi connectivity index (χ1n) is 4.07. The molecule has 0 fully saturated rings. The van der Waals surface area contributed by atoms with Gasteiger partial charge in [0.15, 0.2) is 0 Å². The Labute approximate surface area is 77.0 Å². The van der Waals surface area contributed by atoms with E-state index in [4.69, 9.17) is 9.84 Å². The summed E-state index contributed by atoms with van der Waals surface area (Å²) in [4.78, 5) is 0. The van der Waals surface area contributed by atoms with E-state index < -0.39 is 5.82 Å². The van der Waals surface area contributed by atoms with E-state index in [1.165, 1.54) is 18.2 Å². The van der Waals surface area contributed by atoms with Crippen molar-refractivity contribution in [3.8, 4) is 5.75 Å². The SMILES string of the molecule is CC(C)Oc1ccc(F)cc1[CH]O. The van der Waals surface area contributed by atoms with E-state index in [-0.39, 0.29) is 6.10 Å². The maximum atomic E-state index is 12.7. The number of ether oxygens (including phenoxy) is 1. The highest BCUT2D eigenvalue weighted by Crippen LogP contribution is 2.21. The zero-order valence-electron chi connectivity index (χ0n) is 7.62. The molecule has 1 radical (unpaired) electrons. The molecule has 3 heteroatoms. The van der Waals surface area contributed by atoms with Gasteiger partial charge in [-0.05, 0) is 32.0 Å². The van der Waals surface area contributed by atoms with E-state index in [2.05, 4.69) is 0 Å². The molecule has 0 aliphatic heterocycles. The Kier molecular flexibility index (Phi) is 3.25. The average Bonchev–Trinajstić information content (AvgIpc) is 2.07. The fraction of sp³-hybridized carbons (Fsp3) is 0.300. The molecule has 1 rings (SSSR count). The first-order chi connectivity index (χ1) is 6.13. The topological polar surface area (TPSA) is 29.5 Å². The van der Waals surface area contributed by atoms with Gasteiger partial charge in [-0.3, -0.25) is 0 Å². The summed E-state index contributed by atoms with van der Waals surface area (Å²) in [7, 11) is 0. The summed E-state index contributed by atoms with van der Waals surface area (Å²) in [5.41, 5.74) is 0.355. The van der Waals surface area contributed by atoms with Crippen LogP contribution < -0.4 is 4.74 Å². The van der Waals surface area contributed by atoms with Crippen LogP contribution in [0.2, 0.25) is 0 Å². The molecule has 0 aliphatic rings. The number of aliphatic hydroxyl groups is 1. The fourth-order valence-electron chi connectivity index (χ4n) is 0.981. The number of aliphatic hydroxyl groups excluding tert-OH is 1. The van der Waals surface area contributed by atoms with Gasteiger partial charge in [-0.1, -0.05) is 0 Å². The van der Waals surface area contributed by atoms with Gasteiger partial charge in [-0.15, -0.1) is 0 Å². The first-order valence-corrected chi connectivity index (χ1v) is 4.07. The van der Waals surface area contributed by atoms with Crippen LogP contribution in [0.15, 0.2) is 18.2 Å². The van der Waals surface area contributed by atoms with Crippen molar-refractivity contribution in [3.05, 3.63) is 36.2 Å². The Balaban J connectivity index is 2.92. The molecule has 13 heavy (non-hydrogen) atoms. The molecule has 71 valence electrons. The highest BCUT2D eigenvalue weighted by molar-refractivity contribution is 5.37. The van der Waals surface area contributed by atoms with Gasteiger partial charge in [0.05, 0.1) is 6.10 Å². The second-order valence-corrected chi connectivity index (χ2v) is 2.98. The minimum absolute atomic E-state index is 0.00385. The smallest absolute Gasteiger partial charge is 0.125 e. The summed E-state index contributed by atoms with van der Waals surface area (Å²) < 4.78 is 18.0. The highest BCUT2D eigenvalue weighted by Gasteiger charge is 2.05. The van der Waals surface area contributed by atoms with Crippen LogP contribution in [-0.4, -0.2) is 11.2 Å². The second kappa shape index (κ2) is 4.23. The van der Waals surface area contributed by atoms with E-state index in [0.29, 0.717) is 11.3 Å². The third-order valence-corrected chi connectivity index (χ3v) is 1.47. The predicted octanol–water partition coefficient (Wildman–Crippen LogP) is 2.50. The third kappa shape index (κ3) is 2.70. The lowest BCUT2D eigenvalue weighted by Gasteiger charge is -2.12. The number of benzene rings is 1. The number of halogens is 1. The Morgan fingerprint density at radius 1 is 1.46 bits per heavy atom. The van der Waals surface area contributed by atoms with Crippen LogP contribution in [0.1, 0.15) is 19.4 Å². The molecule has 0 atom stereocenters. The molecule has 1 N–H and O–H groups in total. The summed E-state index contributed by atoms with van der Waals surface area (Å²) in [6, 6.07) is 4.01. The van der Waals surface area contributed by atoms with Crippen molar-refractivity contribution in [3.63, 3.8) is 0 Å². The van der Waals surface area contributed by atoms with Crippen molar-refractivity contribution in [2.24, 2.45) is 0 Å². The molecular formula is C10H12FO2. The van der Waals surface area contributed by atoms with Gasteiger partial charge < -0.3 is 9.84 Å². The number of hydrogen-bond acceptors (Lipinski definition) is 2. The lowest BCUT2D eigenvalue weighted by Crippen LogP contribution is -2.07. The van der Waals surface area contributed by atoms with Gasteiger partial charge in [0.1, 0.15) is 18.2 Å². The van der Waals surface area contributed by atoms with E-state index in [1.807, 2.05) is 13.8 Å². The maximum absolute atomic E-state index is 12.7. The van der Waals surface area contributed by atoms with Gasteiger partial charge >= 0.3 is 0 Å². The maximum Gasteiger partial charge on any atom is 0.125 e. The van der Waals surface area contributed by atoms with Gasteiger partial charge in [0, 0.05) is 5.56 Å².